The van der Waals surface area contributed by atoms with Crippen LogP contribution in [0.25, 0.3) is 5.69 Å². The number of aliphatic hydroxyl groups is 1. The van der Waals surface area contributed by atoms with E-state index in [1.165, 1.54) is 22.9 Å². The van der Waals surface area contributed by atoms with E-state index in [1.54, 1.807) is 6.20 Å². The molecule has 1 aliphatic carbocycles. The van der Waals surface area contributed by atoms with E-state index in [4.69, 9.17) is 0 Å². The van der Waals surface area contributed by atoms with E-state index in [0.29, 0.717) is 24.2 Å². The molecule has 20 heavy (non-hydrogen) atoms. The molecule has 1 aliphatic rings. The molecule has 0 unspecified atom stereocenters. The van der Waals surface area contributed by atoms with E-state index in [2.05, 4.69) is 10.3 Å². The molecular formula is C14H17N3O3. The Bertz CT molecular complexity index is 618. The normalized spacial score (nSPS) is 18.1. The van der Waals surface area contributed by atoms with Crippen molar-refractivity contribution in [1.82, 2.24) is 15.0 Å². The number of hydrogen-bond donors (Lipinski definition) is 3. The molecule has 2 aromatic rings. The van der Waals surface area contributed by atoms with Crippen LogP contribution in [-0.2, 0) is 5.60 Å². The van der Waals surface area contributed by atoms with Crippen molar-refractivity contribution in [3.63, 3.8) is 0 Å². The summed E-state index contributed by atoms with van der Waals surface area (Å²) in [6.45, 7) is 0. The molecule has 0 saturated heterocycles. The van der Waals surface area contributed by atoms with Crippen LogP contribution in [0.5, 0.6) is 11.5 Å². The predicted molar refractivity (Wildman–Crippen MR) is 71.7 cm³/mol. The van der Waals surface area contributed by atoms with Crippen molar-refractivity contribution in [1.29, 1.82) is 0 Å². The molecule has 3 rings (SSSR count). The molecule has 0 bridgehead atoms. The van der Waals surface area contributed by atoms with Crippen molar-refractivity contribution in [2.24, 2.45) is 0 Å². The molecule has 0 radical (unpaired) electrons. The number of rotatable bonds is 2. The molecule has 1 heterocycles. The lowest BCUT2D eigenvalue weighted by atomic mass is 9.83. The Morgan fingerprint density at radius 2 is 1.85 bits per heavy atom. The van der Waals surface area contributed by atoms with Crippen LogP contribution in [0.3, 0.4) is 0 Å². The number of hydrogen-bond acceptors (Lipinski definition) is 5. The minimum atomic E-state index is -0.928. The fraction of sp³-hybridized carbons (Fsp3) is 0.429. The first-order valence-electron chi connectivity index (χ1n) is 6.76. The molecule has 0 amide bonds. The number of aromatic nitrogens is 3. The van der Waals surface area contributed by atoms with Crippen molar-refractivity contribution < 1.29 is 15.3 Å². The maximum absolute atomic E-state index is 10.6. The molecule has 1 fully saturated rings. The monoisotopic (exact) mass is 275 g/mol. The first-order chi connectivity index (χ1) is 9.58. The van der Waals surface area contributed by atoms with Gasteiger partial charge in [-0.25, -0.2) is 4.68 Å². The zero-order valence-corrected chi connectivity index (χ0v) is 11.0. The molecule has 1 aromatic heterocycles. The summed E-state index contributed by atoms with van der Waals surface area (Å²) in [6.07, 6.45) is 6.04. The molecule has 1 aromatic carbocycles. The summed E-state index contributed by atoms with van der Waals surface area (Å²) in [6, 6.07) is 4.19. The van der Waals surface area contributed by atoms with Gasteiger partial charge in [-0.05, 0) is 25.0 Å². The van der Waals surface area contributed by atoms with E-state index in [1.807, 2.05) is 0 Å². The fourth-order valence-corrected chi connectivity index (χ4v) is 2.68. The van der Waals surface area contributed by atoms with Crippen molar-refractivity contribution >= 4 is 0 Å². The first kappa shape index (κ1) is 12.9. The standard InChI is InChI=1S/C14H17N3O3/c18-10-4-5-12(19)11(8-10)17-9-13(15-16-17)14(20)6-2-1-3-7-14/h4-5,8-9,18-20H,1-3,6-7H2. The highest BCUT2D eigenvalue weighted by Crippen LogP contribution is 2.36. The van der Waals surface area contributed by atoms with Crippen LogP contribution >= 0.6 is 0 Å². The van der Waals surface area contributed by atoms with E-state index in [-0.39, 0.29) is 11.5 Å². The lowest BCUT2D eigenvalue weighted by Crippen LogP contribution is -2.28. The Morgan fingerprint density at radius 3 is 2.60 bits per heavy atom. The molecule has 6 nitrogen and oxygen atoms in total. The van der Waals surface area contributed by atoms with Gasteiger partial charge in [-0.15, -0.1) is 5.10 Å². The number of aromatic hydroxyl groups is 2. The van der Waals surface area contributed by atoms with E-state index < -0.39 is 5.60 Å². The van der Waals surface area contributed by atoms with Gasteiger partial charge in [0.15, 0.2) is 0 Å². The van der Waals surface area contributed by atoms with Crippen molar-refractivity contribution in [2.75, 3.05) is 0 Å². The van der Waals surface area contributed by atoms with Crippen molar-refractivity contribution in [2.45, 2.75) is 37.7 Å². The highest BCUT2D eigenvalue weighted by molar-refractivity contribution is 5.49. The number of nitrogens with zero attached hydrogens (tertiary/aromatic N) is 3. The Kier molecular flexibility index (Phi) is 3.10. The lowest BCUT2D eigenvalue weighted by Gasteiger charge is -2.29. The summed E-state index contributed by atoms with van der Waals surface area (Å²) in [7, 11) is 0. The maximum Gasteiger partial charge on any atom is 0.141 e. The summed E-state index contributed by atoms with van der Waals surface area (Å²) in [4.78, 5) is 0. The van der Waals surface area contributed by atoms with Crippen LogP contribution < -0.4 is 0 Å². The van der Waals surface area contributed by atoms with Gasteiger partial charge in [-0.1, -0.05) is 24.5 Å². The summed E-state index contributed by atoms with van der Waals surface area (Å²) < 4.78 is 1.37. The second-order valence-corrected chi connectivity index (χ2v) is 5.31. The van der Waals surface area contributed by atoms with Crippen LogP contribution in [0.1, 0.15) is 37.8 Å². The largest absolute Gasteiger partial charge is 0.508 e. The summed E-state index contributed by atoms with van der Waals surface area (Å²) in [5.41, 5.74) is -0.0775. The zero-order valence-electron chi connectivity index (χ0n) is 11.0. The Labute approximate surface area is 116 Å². The van der Waals surface area contributed by atoms with Gasteiger partial charge in [0, 0.05) is 6.07 Å². The predicted octanol–water partition coefficient (Wildman–Crippen LogP) is 1.83. The second kappa shape index (κ2) is 4.79. The van der Waals surface area contributed by atoms with Gasteiger partial charge in [0.1, 0.15) is 28.5 Å². The van der Waals surface area contributed by atoms with Gasteiger partial charge in [0.05, 0.1) is 6.20 Å². The molecule has 0 spiro atoms. The molecule has 106 valence electrons. The lowest BCUT2D eigenvalue weighted by molar-refractivity contribution is -0.00472. The number of phenols is 2. The van der Waals surface area contributed by atoms with E-state index in [0.717, 1.165) is 19.3 Å². The molecule has 3 N–H and O–H groups in total. The molecule has 6 heteroatoms. The zero-order chi connectivity index (χ0) is 14.2. The second-order valence-electron chi connectivity index (χ2n) is 5.31. The Balaban J connectivity index is 1.95. The summed E-state index contributed by atoms with van der Waals surface area (Å²) in [5, 5.41) is 37.9. The van der Waals surface area contributed by atoms with Crippen molar-refractivity contribution in [3.8, 4) is 17.2 Å². The van der Waals surface area contributed by atoms with Crippen LogP contribution in [0.4, 0.5) is 0 Å². The summed E-state index contributed by atoms with van der Waals surface area (Å²) in [5.74, 6) is 0.0288. The minimum absolute atomic E-state index is 0.00474. The topological polar surface area (TPSA) is 91.4 Å². The third kappa shape index (κ3) is 2.22. The fourth-order valence-electron chi connectivity index (χ4n) is 2.68. The van der Waals surface area contributed by atoms with Gasteiger partial charge >= 0.3 is 0 Å². The third-order valence-electron chi connectivity index (χ3n) is 3.86. The SMILES string of the molecule is Oc1ccc(O)c(-n2cc(C3(O)CCCCC3)nn2)c1. The van der Waals surface area contributed by atoms with Gasteiger partial charge in [-0.3, -0.25) is 0 Å². The number of phenolic OH excluding ortho intramolecular Hbond substituents is 2. The maximum atomic E-state index is 10.6. The third-order valence-corrected chi connectivity index (χ3v) is 3.86. The summed E-state index contributed by atoms with van der Waals surface area (Å²) >= 11 is 0. The van der Waals surface area contributed by atoms with Crippen LogP contribution in [-0.4, -0.2) is 30.3 Å². The van der Waals surface area contributed by atoms with Gasteiger partial charge < -0.3 is 15.3 Å². The first-order valence-corrected chi connectivity index (χ1v) is 6.76. The minimum Gasteiger partial charge on any atom is -0.508 e. The molecule has 0 aliphatic heterocycles. The van der Waals surface area contributed by atoms with Crippen LogP contribution in [0.15, 0.2) is 24.4 Å². The smallest absolute Gasteiger partial charge is 0.141 e. The van der Waals surface area contributed by atoms with Crippen LogP contribution in [0, 0.1) is 0 Å². The molecule has 1 saturated carbocycles. The van der Waals surface area contributed by atoms with Crippen LogP contribution in [0.2, 0.25) is 0 Å². The Hall–Kier alpha value is -2.08. The quantitative estimate of drug-likeness (QED) is 0.727. The van der Waals surface area contributed by atoms with Crippen molar-refractivity contribution in [3.05, 3.63) is 30.1 Å². The van der Waals surface area contributed by atoms with Gasteiger partial charge in [0.25, 0.3) is 0 Å². The van der Waals surface area contributed by atoms with E-state index in [9.17, 15) is 15.3 Å². The average Bonchev–Trinajstić information content (AvgIpc) is 2.93. The molecule has 0 atom stereocenters. The van der Waals surface area contributed by atoms with Gasteiger partial charge in [-0.2, -0.15) is 0 Å². The number of benzene rings is 1. The average molecular weight is 275 g/mol. The van der Waals surface area contributed by atoms with E-state index >= 15 is 0 Å². The highest BCUT2D eigenvalue weighted by Gasteiger charge is 2.34. The highest BCUT2D eigenvalue weighted by atomic mass is 16.3. The van der Waals surface area contributed by atoms with Gasteiger partial charge in [0.2, 0.25) is 0 Å². The molecular weight excluding hydrogens is 258 g/mol. The Morgan fingerprint density at radius 1 is 1.10 bits per heavy atom.